The van der Waals surface area contributed by atoms with Crippen LogP contribution in [0.25, 0.3) is 5.57 Å². The van der Waals surface area contributed by atoms with Crippen LogP contribution in [-0.4, -0.2) is 27.2 Å². The van der Waals surface area contributed by atoms with E-state index in [1.807, 2.05) is 6.92 Å². The van der Waals surface area contributed by atoms with E-state index in [1.165, 1.54) is 13.2 Å². The van der Waals surface area contributed by atoms with Crippen LogP contribution in [-0.2, 0) is 21.0 Å². The molecule has 5 heteroatoms. The van der Waals surface area contributed by atoms with Gasteiger partial charge in [0.1, 0.15) is 0 Å². The van der Waals surface area contributed by atoms with Crippen molar-refractivity contribution in [2.75, 3.05) is 12.9 Å². The number of hydrogen-bond donors (Lipinski definition) is 0. The summed E-state index contributed by atoms with van der Waals surface area (Å²) in [6, 6.07) is 3.14. The molecule has 1 aliphatic heterocycles. The molecule has 1 aliphatic rings. The Labute approximate surface area is 106 Å². The third-order valence-electron chi connectivity index (χ3n) is 3.07. The third-order valence-corrected chi connectivity index (χ3v) is 4.81. The van der Waals surface area contributed by atoms with Crippen LogP contribution in [0.3, 0.4) is 0 Å². The van der Waals surface area contributed by atoms with Crippen molar-refractivity contribution in [3.63, 3.8) is 0 Å². The Morgan fingerprint density at radius 1 is 1.44 bits per heavy atom. The van der Waals surface area contributed by atoms with Gasteiger partial charge in [0.25, 0.3) is 0 Å². The van der Waals surface area contributed by atoms with Crippen LogP contribution in [0.5, 0.6) is 0 Å². The Morgan fingerprint density at radius 3 is 2.67 bits per heavy atom. The van der Waals surface area contributed by atoms with Gasteiger partial charge in [-0.15, -0.1) is 0 Å². The van der Waals surface area contributed by atoms with Crippen molar-refractivity contribution in [3.8, 4) is 0 Å². The maximum atomic E-state index is 11.9. The first-order valence-corrected chi connectivity index (χ1v) is 7.22. The number of carbonyl (C=O) groups excluding carboxylic acids is 1. The van der Waals surface area contributed by atoms with Gasteiger partial charge in [-0.25, -0.2) is 13.2 Å². The minimum absolute atomic E-state index is 0.0733. The fourth-order valence-electron chi connectivity index (χ4n) is 2.14. The second-order valence-electron chi connectivity index (χ2n) is 4.21. The van der Waals surface area contributed by atoms with Crippen LogP contribution >= 0.6 is 0 Å². The van der Waals surface area contributed by atoms with Crippen LogP contribution in [0.4, 0.5) is 0 Å². The number of benzene rings is 1. The average molecular weight is 266 g/mol. The smallest absolute Gasteiger partial charge is 0.338 e. The lowest BCUT2D eigenvalue weighted by Gasteiger charge is -2.09. The molecule has 2 rings (SSSR count). The maximum Gasteiger partial charge on any atom is 0.338 e. The lowest BCUT2D eigenvalue weighted by atomic mass is 9.99. The lowest BCUT2D eigenvalue weighted by Crippen LogP contribution is -2.08. The Balaban J connectivity index is 2.74. The van der Waals surface area contributed by atoms with Crippen LogP contribution in [0.1, 0.15) is 28.4 Å². The second kappa shape index (κ2) is 4.24. The molecular formula is C13H14O4S. The van der Waals surface area contributed by atoms with Gasteiger partial charge in [-0.05, 0) is 35.3 Å². The third kappa shape index (κ3) is 1.84. The molecule has 18 heavy (non-hydrogen) atoms. The number of sulfone groups is 1. The molecule has 96 valence electrons. The van der Waals surface area contributed by atoms with E-state index in [0.29, 0.717) is 23.1 Å². The van der Waals surface area contributed by atoms with Crippen LogP contribution in [0, 0.1) is 0 Å². The molecule has 0 aromatic heterocycles. The van der Waals surface area contributed by atoms with Crippen molar-refractivity contribution >= 4 is 21.4 Å². The molecule has 0 radical (unpaired) electrons. The monoisotopic (exact) mass is 266 g/mol. The van der Waals surface area contributed by atoms with Crippen molar-refractivity contribution in [1.29, 1.82) is 0 Å². The van der Waals surface area contributed by atoms with Crippen LogP contribution < -0.4 is 0 Å². The molecule has 0 atom stereocenters. The van der Waals surface area contributed by atoms with Gasteiger partial charge in [-0.1, -0.05) is 13.5 Å². The van der Waals surface area contributed by atoms with E-state index in [1.54, 1.807) is 6.07 Å². The summed E-state index contributed by atoms with van der Waals surface area (Å²) in [6.45, 7) is 5.67. The molecule has 0 spiro atoms. The van der Waals surface area contributed by atoms with Crippen molar-refractivity contribution in [1.82, 2.24) is 0 Å². The van der Waals surface area contributed by atoms with E-state index in [2.05, 4.69) is 11.3 Å². The fraction of sp³-hybridized carbons (Fsp3) is 0.308. The zero-order valence-electron chi connectivity index (χ0n) is 10.3. The minimum Gasteiger partial charge on any atom is -0.465 e. The normalized spacial score (nSPS) is 16.4. The molecule has 0 saturated heterocycles. The Kier molecular flexibility index (Phi) is 3.02. The Bertz CT molecular complexity index is 641. The number of esters is 1. The number of rotatable bonds is 2. The van der Waals surface area contributed by atoms with E-state index in [-0.39, 0.29) is 10.6 Å². The van der Waals surface area contributed by atoms with Gasteiger partial charge >= 0.3 is 5.97 Å². The molecule has 0 aliphatic carbocycles. The van der Waals surface area contributed by atoms with Crippen molar-refractivity contribution in [3.05, 3.63) is 35.4 Å². The molecule has 0 bridgehead atoms. The van der Waals surface area contributed by atoms with Gasteiger partial charge in [-0.3, -0.25) is 0 Å². The highest BCUT2D eigenvalue weighted by molar-refractivity contribution is 7.92. The van der Waals surface area contributed by atoms with E-state index in [4.69, 9.17) is 0 Å². The summed E-state index contributed by atoms with van der Waals surface area (Å²) in [5, 5.41) is 0. The molecule has 0 unspecified atom stereocenters. The highest BCUT2D eigenvalue weighted by Crippen LogP contribution is 2.35. The predicted molar refractivity (Wildman–Crippen MR) is 68.2 cm³/mol. The molecule has 0 fully saturated rings. The molecule has 0 N–H and O–H groups in total. The number of fused-ring (bicyclic) bond motifs is 1. The van der Waals surface area contributed by atoms with E-state index >= 15 is 0 Å². The molecule has 1 aromatic carbocycles. The first-order valence-electron chi connectivity index (χ1n) is 5.57. The van der Waals surface area contributed by atoms with Crippen molar-refractivity contribution in [2.24, 2.45) is 0 Å². The number of aryl methyl sites for hydroxylation is 1. The number of ether oxygens (including phenoxy) is 1. The summed E-state index contributed by atoms with van der Waals surface area (Å²) in [7, 11) is -2.07. The molecule has 1 heterocycles. The van der Waals surface area contributed by atoms with E-state index in [0.717, 1.165) is 5.56 Å². The largest absolute Gasteiger partial charge is 0.465 e. The number of carbonyl (C=O) groups is 1. The molecule has 0 amide bonds. The van der Waals surface area contributed by atoms with Gasteiger partial charge in [0.2, 0.25) is 0 Å². The first kappa shape index (κ1) is 12.8. The van der Waals surface area contributed by atoms with Gasteiger partial charge in [0, 0.05) is 0 Å². The Morgan fingerprint density at radius 2 is 2.11 bits per heavy atom. The lowest BCUT2D eigenvalue weighted by molar-refractivity contribution is 0.0599. The molecule has 4 nitrogen and oxygen atoms in total. The minimum atomic E-state index is -3.35. The quantitative estimate of drug-likeness (QED) is 0.766. The summed E-state index contributed by atoms with van der Waals surface area (Å²) in [5.74, 6) is -0.585. The second-order valence-corrected chi connectivity index (χ2v) is 6.17. The summed E-state index contributed by atoms with van der Waals surface area (Å²) in [5.41, 5.74) is 2.30. The molecule has 0 saturated carbocycles. The van der Waals surface area contributed by atoms with E-state index in [9.17, 15) is 13.2 Å². The first-order chi connectivity index (χ1) is 8.40. The Hall–Kier alpha value is -1.62. The summed E-state index contributed by atoms with van der Waals surface area (Å²) in [6.07, 6.45) is 0.630. The fourth-order valence-corrected chi connectivity index (χ4v) is 3.74. The predicted octanol–water partition coefficient (Wildman–Crippen LogP) is 1.84. The summed E-state index contributed by atoms with van der Waals surface area (Å²) < 4.78 is 28.5. The maximum absolute atomic E-state index is 11.9. The summed E-state index contributed by atoms with van der Waals surface area (Å²) in [4.78, 5) is 11.8. The molecular weight excluding hydrogens is 252 g/mol. The average Bonchev–Trinajstić information content (AvgIpc) is 2.57. The number of hydrogen-bond acceptors (Lipinski definition) is 4. The topological polar surface area (TPSA) is 60.4 Å². The van der Waals surface area contributed by atoms with Gasteiger partial charge in [0.05, 0.1) is 23.3 Å². The zero-order chi connectivity index (χ0) is 13.5. The SMILES string of the molecule is C=C1CS(=O)(=O)c2cc(C(=O)OC)c(CC)cc21. The zero-order valence-corrected chi connectivity index (χ0v) is 11.1. The van der Waals surface area contributed by atoms with E-state index < -0.39 is 15.8 Å². The van der Waals surface area contributed by atoms with Gasteiger partial charge < -0.3 is 4.74 Å². The standard InChI is InChI=1S/C13H14O4S/c1-4-9-5-10-8(2)7-18(15,16)12(10)6-11(9)13(14)17-3/h5-6H,2,4,7H2,1,3H3. The molecule has 1 aromatic rings. The van der Waals surface area contributed by atoms with Crippen LogP contribution in [0.15, 0.2) is 23.6 Å². The van der Waals surface area contributed by atoms with Gasteiger partial charge in [0.15, 0.2) is 9.84 Å². The summed E-state index contributed by atoms with van der Waals surface area (Å²) >= 11 is 0. The van der Waals surface area contributed by atoms with Gasteiger partial charge in [-0.2, -0.15) is 0 Å². The van der Waals surface area contributed by atoms with Crippen molar-refractivity contribution in [2.45, 2.75) is 18.2 Å². The highest BCUT2D eigenvalue weighted by atomic mass is 32.2. The number of methoxy groups -OCH3 is 1. The van der Waals surface area contributed by atoms with Crippen LogP contribution in [0.2, 0.25) is 0 Å². The highest BCUT2D eigenvalue weighted by Gasteiger charge is 2.31. The van der Waals surface area contributed by atoms with Crippen molar-refractivity contribution < 1.29 is 17.9 Å².